The largest absolute Gasteiger partial charge is 0.479 e. The predicted octanol–water partition coefficient (Wildman–Crippen LogP) is -3.39. The fraction of sp³-hybridized carbons (Fsp3) is 0.889. The number of carbonyl (C=O) groups is 1. The number of halogens is 1. The highest BCUT2D eigenvalue weighted by Gasteiger charge is 2.51. The molecule has 7 atom stereocenters. The van der Waals surface area contributed by atoms with Crippen molar-refractivity contribution in [1.82, 2.24) is 0 Å². The number of hydrogen-bond donors (Lipinski definition) is 6. The molecule has 0 aromatic rings. The van der Waals surface area contributed by atoms with E-state index in [4.69, 9.17) is 15.3 Å². The molecular weight excluding hydrogens is 255 g/mol. The van der Waals surface area contributed by atoms with E-state index < -0.39 is 55.4 Å². The number of alkyl halides is 1. The summed E-state index contributed by atoms with van der Waals surface area (Å²) in [6.07, 6.45) is -13.8. The van der Waals surface area contributed by atoms with E-state index in [1.54, 1.807) is 0 Å². The summed E-state index contributed by atoms with van der Waals surface area (Å²) >= 11 is 0. The lowest BCUT2D eigenvalue weighted by Crippen LogP contribution is -2.63. The van der Waals surface area contributed by atoms with Gasteiger partial charge in [-0.2, -0.15) is 0 Å². The van der Waals surface area contributed by atoms with Gasteiger partial charge in [0.15, 0.2) is 12.3 Å². The van der Waals surface area contributed by atoms with Gasteiger partial charge in [0, 0.05) is 0 Å². The maximum Gasteiger partial charge on any atom is 0.336 e. The molecular formula is C9H15FO8. The molecule has 1 aliphatic heterocycles. The molecule has 0 radical (unpaired) electrons. The van der Waals surface area contributed by atoms with Crippen LogP contribution in [0.5, 0.6) is 0 Å². The summed E-state index contributed by atoms with van der Waals surface area (Å²) in [6, 6.07) is 0. The smallest absolute Gasteiger partial charge is 0.336 e. The van der Waals surface area contributed by atoms with Crippen molar-refractivity contribution in [2.45, 2.75) is 42.8 Å². The number of aliphatic hydroxyl groups excluding tert-OH is 5. The Bertz CT molecular complexity index is 296. The Kier molecular flexibility index (Phi) is 4.96. The quantitative estimate of drug-likeness (QED) is 0.310. The van der Waals surface area contributed by atoms with Gasteiger partial charge in [0.2, 0.25) is 0 Å². The van der Waals surface area contributed by atoms with Gasteiger partial charge in [-0.1, -0.05) is 0 Å². The normalized spacial score (nSPS) is 40.2. The molecule has 0 unspecified atom stereocenters. The van der Waals surface area contributed by atoms with Crippen LogP contribution in [-0.2, 0) is 9.53 Å². The first-order valence-electron chi connectivity index (χ1n) is 5.16. The van der Waals surface area contributed by atoms with Crippen LogP contribution in [0.2, 0.25) is 0 Å². The van der Waals surface area contributed by atoms with E-state index >= 15 is 0 Å². The molecule has 1 rings (SSSR count). The van der Waals surface area contributed by atoms with Gasteiger partial charge >= 0.3 is 5.97 Å². The molecule has 1 saturated heterocycles. The summed E-state index contributed by atoms with van der Waals surface area (Å²) in [6.45, 7) is -0.874. The summed E-state index contributed by atoms with van der Waals surface area (Å²) in [5, 5.41) is 54.7. The minimum absolute atomic E-state index is 0.874. The maximum absolute atomic E-state index is 13.4. The third kappa shape index (κ3) is 2.76. The van der Waals surface area contributed by atoms with Crippen LogP contribution in [0.4, 0.5) is 4.39 Å². The van der Waals surface area contributed by atoms with E-state index in [9.17, 15) is 24.5 Å². The van der Waals surface area contributed by atoms with E-state index in [0.717, 1.165) is 0 Å². The van der Waals surface area contributed by atoms with Gasteiger partial charge in [-0.3, -0.25) is 0 Å². The van der Waals surface area contributed by atoms with E-state index in [2.05, 4.69) is 4.74 Å². The predicted molar refractivity (Wildman–Crippen MR) is 52.3 cm³/mol. The van der Waals surface area contributed by atoms with Gasteiger partial charge in [0.1, 0.15) is 30.5 Å². The molecule has 9 heteroatoms. The molecule has 8 nitrogen and oxygen atoms in total. The molecule has 1 aliphatic rings. The van der Waals surface area contributed by atoms with Crippen LogP contribution in [0, 0.1) is 0 Å². The average Bonchev–Trinajstić information content (AvgIpc) is 2.34. The summed E-state index contributed by atoms with van der Waals surface area (Å²) in [5.74, 6) is -1.72. The minimum atomic E-state index is -2.37. The lowest BCUT2D eigenvalue weighted by atomic mass is 9.91. The summed E-state index contributed by atoms with van der Waals surface area (Å²) in [7, 11) is 0. The Labute approximate surface area is 101 Å². The third-order valence-corrected chi connectivity index (χ3v) is 2.77. The van der Waals surface area contributed by atoms with Gasteiger partial charge in [-0.25, -0.2) is 9.18 Å². The Morgan fingerprint density at radius 3 is 2.28 bits per heavy atom. The number of aliphatic carboxylic acids is 1. The van der Waals surface area contributed by atoms with Gasteiger partial charge in [-0.15, -0.1) is 0 Å². The number of ether oxygens (including phenoxy) is 1. The first kappa shape index (κ1) is 15.2. The van der Waals surface area contributed by atoms with Crippen molar-refractivity contribution >= 4 is 5.97 Å². The van der Waals surface area contributed by atoms with Crippen LogP contribution in [0.25, 0.3) is 0 Å². The number of carboxylic acids is 1. The third-order valence-electron chi connectivity index (χ3n) is 2.77. The Morgan fingerprint density at radius 1 is 1.28 bits per heavy atom. The monoisotopic (exact) mass is 270 g/mol. The molecule has 0 aromatic heterocycles. The topological polar surface area (TPSA) is 148 Å². The second kappa shape index (κ2) is 5.87. The number of aliphatic hydroxyl groups is 5. The Balaban J connectivity index is 2.88. The van der Waals surface area contributed by atoms with Crippen LogP contribution < -0.4 is 0 Å². The van der Waals surface area contributed by atoms with E-state index in [1.807, 2.05) is 0 Å². The zero-order valence-corrected chi connectivity index (χ0v) is 9.13. The molecule has 18 heavy (non-hydrogen) atoms. The standard InChI is InChI=1S/C9H15FO8/c10-3-5(14)6(15)8(4(13)2(12)1-11)18-7(3)9(16)17/h2-8,11-15H,1H2,(H,16,17)/t2-,3-,4-,5+,6-,7+,8+/m1/s1. The zero-order chi connectivity index (χ0) is 14.0. The maximum atomic E-state index is 13.4. The SMILES string of the molecule is O=C(O)[C@H]1O[C@@H]([C@H](O)[C@H](O)CO)[C@H](O)[C@@H](O)[C@H]1F. The number of rotatable bonds is 4. The second-order valence-corrected chi connectivity index (χ2v) is 4.03. The highest BCUT2D eigenvalue weighted by atomic mass is 19.1. The van der Waals surface area contributed by atoms with Gasteiger partial charge < -0.3 is 35.4 Å². The lowest BCUT2D eigenvalue weighted by Gasteiger charge is -2.40. The van der Waals surface area contributed by atoms with Crippen LogP contribution in [0.3, 0.4) is 0 Å². The molecule has 0 saturated carbocycles. The number of carboxylic acid groups (broad SMARTS) is 1. The fourth-order valence-corrected chi connectivity index (χ4v) is 1.69. The molecule has 1 heterocycles. The van der Waals surface area contributed by atoms with Crippen molar-refractivity contribution in [2.75, 3.05) is 6.61 Å². The summed E-state index contributed by atoms with van der Waals surface area (Å²) < 4.78 is 18.0. The molecule has 0 bridgehead atoms. The van der Waals surface area contributed by atoms with Crippen LogP contribution >= 0.6 is 0 Å². The molecule has 0 aliphatic carbocycles. The Hall–Kier alpha value is -0.840. The van der Waals surface area contributed by atoms with Crippen molar-refractivity contribution in [3.63, 3.8) is 0 Å². The molecule has 1 fully saturated rings. The average molecular weight is 270 g/mol. The number of hydrogen-bond acceptors (Lipinski definition) is 7. The first-order chi connectivity index (χ1) is 8.31. The van der Waals surface area contributed by atoms with Crippen molar-refractivity contribution in [2.24, 2.45) is 0 Å². The summed E-state index contributed by atoms with van der Waals surface area (Å²) in [4.78, 5) is 10.7. The van der Waals surface area contributed by atoms with Crippen molar-refractivity contribution in [1.29, 1.82) is 0 Å². The van der Waals surface area contributed by atoms with Crippen molar-refractivity contribution in [3.8, 4) is 0 Å². The van der Waals surface area contributed by atoms with E-state index in [-0.39, 0.29) is 0 Å². The second-order valence-electron chi connectivity index (χ2n) is 4.03. The molecule has 0 spiro atoms. The fourth-order valence-electron chi connectivity index (χ4n) is 1.69. The highest BCUT2D eigenvalue weighted by molar-refractivity contribution is 5.73. The molecule has 6 N–H and O–H groups in total. The zero-order valence-electron chi connectivity index (χ0n) is 9.13. The summed E-state index contributed by atoms with van der Waals surface area (Å²) in [5.41, 5.74) is 0. The molecule has 106 valence electrons. The molecule has 0 amide bonds. The van der Waals surface area contributed by atoms with E-state index in [1.165, 1.54) is 0 Å². The lowest BCUT2D eigenvalue weighted by molar-refractivity contribution is -0.242. The Morgan fingerprint density at radius 2 is 1.83 bits per heavy atom. The highest BCUT2D eigenvalue weighted by Crippen LogP contribution is 2.26. The van der Waals surface area contributed by atoms with Crippen LogP contribution in [0.15, 0.2) is 0 Å². The van der Waals surface area contributed by atoms with Crippen LogP contribution in [0.1, 0.15) is 0 Å². The van der Waals surface area contributed by atoms with E-state index in [0.29, 0.717) is 0 Å². The van der Waals surface area contributed by atoms with Crippen molar-refractivity contribution < 1.29 is 44.6 Å². The molecule has 0 aromatic carbocycles. The van der Waals surface area contributed by atoms with Crippen molar-refractivity contribution in [3.05, 3.63) is 0 Å². The van der Waals surface area contributed by atoms with Gasteiger partial charge in [-0.05, 0) is 0 Å². The van der Waals surface area contributed by atoms with Gasteiger partial charge in [0.05, 0.1) is 6.61 Å². The van der Waals surface area contributed by atoms with Crippen LogP contribution in [-0.4, -0.2) is 86.0 Å². The minimum Gasteiger partial charge on any atom is -0.479 e. The van der Waals surface area contributed by atoms with Gasteiger partial charge in [0.25, 0.3) is 0 Å². The first-order valence-corrected chi connectivity index (χ1v) is 5.16.